The maximum absolute atomic E-state index is 12.6. The van der Waals surface area contributed by atoms with Crippen molar-refractivity contribution in [2.24, 2.45) is 5.73 Å². The molecule has 0 atom stereocenters. The van der Waals surface area contributed by atoms with Gasteiger partial charge in [-0.3, -0.25) is 14.3 Å². The van der Waals surface area contributed by atoms with Gasteiger partial charge in [0.2, 0.25) is 0 Å². The van der Waals surface area contributed by atoms with Gasteiger partial charge in [0.25, 0.3) is 5.56 Å². The smallest absolute Gasteiger partial charge is 0.329 e. The van der Waals surface area contributed by atoms with E-state index in [1.807, 2.05) is 0 Å². The lowest BCUT2D eigenvalue weighted by Crippen LogP contribution is -2.36. The summed E-state index contributed by atoms with van der Waals surface area (Å²) in [6, 6.07) is 0. The van der Waals surface area contributed by atoms with E-state index in [9.17, 15) is 9.59 Å². The van der Waals surface area contributed by atoms with Gasteiger partial charge in [0.05, 0.1) is 10.4 Å². The molecule has 0 saturated carbocycles. The molecule has 20 heavy (non-hydrogen) atoms. The molecule has 1 aliphatic rings. The Kier molecular flexibility index (Phi) is 3.47. The molecule has 7 heteroatoms. The summed E-state index contributed by atoms with van der Waals surface area (Å²) in [6.07, 6.45) is 4.54. The Labute approximate surface area is 124 Å². The molecule has 0 radical (unpaired) electrons. The van der Waals surface area contributed by atoms with Crippen molar-refractivity contribution in [2.75, 3.05) is 0 Å². The third kappa shape index (κ3) is 2.20. The van der Waals surface area contributed by atoms with Gasteiger partial charge in [-0.2, -0.15) is 0 Å². The van der Waals surface area contributed by atoms with Crippen molar-refractivity contribution in [1.82, 2.24) is 9.55 Å². The van der Waals surface area contributed by atoms with E-state index in [1.165, 1.54) is 9.44 Å². The van der Waals surface area contributed by atoms with Gasteiger partial charge in [-0.05, 0) is 31.2 Å². The molecule has 3 N–H and O–H groups in total. The highest BCUT2D eigenvalue weighted by molar-refractivity contribution is 7.80. The number of hydrogen-bond donors (Lipinski definition) is 2. The average Bonchev–Trinajstić information content (AvgIpc) is 2.75. The number of H-pyrrole nitrogens is 1. The second kappa shape index (κ2) is 5.14. The van der Waals surface area contributed by atoms with E-state index >= 15 is 0 Å². The second-order valence-corrected chi connectivity index (χ2v) is 6.65. The summed E-state index contributed by atoms with van der Waals surface area (Å²) in [4.78, 5) is 29.6. The molecule has 3 rings (SSSR count). The molecule has 5 nitrogen and oxygen atoms in total. The Bertz CT molecular complexity index is 800. The maximum atomic E-state index is 12.6. The Hall–Kier alpha value is -1.47. The number of thiocarbonyl (C=S) groups is 1. The predicted molar refractivity (Wildman–Crippen MR) is 84.8 cm³/mol. The minimum Gasteiger partial charge on any atom is -0.393 e. The topological polar surface area (TPSA) is 80.9 Å². The molecule has 0 amide bonds. The van der Waals surface area contributed by atoms with Gasteiger partial charge in [-0.1, -0.05) is 12.2 Å². The van der Waals surface area contributed by atoms with Crippen LogP contribution < -0.4 is 17.0 Å². The van der Waals surface area contributed by atoms with Crippen molar-refractivity contribution < 1.29 is 0 Å². The lowest BCUT2D eigenvalue weighted by atomic mass is 9.97. The number of aromatic nitrogens is 2. The molecular formula is C13H15N3O2S2. The second-order valence-electron chi connectivity index (χ2n) is 5.02. The van der Waals surface area contributed by atoms with E-state index in [1.54, 1.807) is 11.3 Å². The zero-order valence-electron chi connectivity index (χ0n) is 10.9. The van der Waals surface area contributed by atoms with E-state index in [2.05, 4.69) is 4.98 Å². The van der Waals surface area contributed by atoms with Gasteiger partial charge in [0.1, 0.15) is 4.83 Å². The Morgan fingerprint density at radius 2 is 2.10 bits per heavy atom. The molecular weight excluding hydrogens is 294 g/mol. The number of hydrogen-bond acceptors (Lipinski definition) is 4. The molecule has 1 aliphatic carbocycles. The van der Waals surface area contributed by atoms with Crippen molar-refractivity contribution in [2.45, 2.75) is 38.6 Å². The summed E-state index contributed by atoms with van der Waals surface area (Å²) in [7, 11) is 0. The third-order valence-electron chi connectivity index (χ3n) is 3.68. The number of nitrogens with one attached hydrogen (secondary N) is 1. The first kappa shape index (κ1) is 13.5. The molecule has 2 aromatic heterocycles. The van der Waals surface area contributed by atoms with Crippen LogP contribution in [0.4, 0.5) is 0 Å². The van der Waals surface area contributed by atoms with Gasteiger partial charge in [-0.15, -0.1) is 11.3 Å². The lowest BCUT2D eigenvalue weighted by Gasteiger charge is -2.10. The number of nitrogens with zero attached hydrogens (tertiary/aromatic N) is 1. The quantitative estimate of drug-likeness (QED) is 0.838. The fourth-order valence-electron chi connectivity index (χ4n) is 2.70. The summed E-state index contributed by atoms with van der Waals surface area (Å²) in [5.74, 6) is 0. The van der Waals surface area contributed by atoms with E-state index in [-0.39, 0.29) is 17.8 Å². The zero-order chi connectivity index (χ0) is 14.3. The highest BCUT2D eigenvalue weighted by atomic mass is 32.1. The number of nitrogens with two attached hydrogens (primary N) is 1. The number of rotatable bonds is 3. The summed E-state index contributed by atoms with van der Waals surface area (Å²) in [5, 5.41) is 0.687. The summed E-state index contributed by atoms with van der Waals surface area (Å²) in [6.45, 7) is 0.240. The van der Waals surface area contributed by atoms with E-state index in [0.29, 0.717) is 21.6 Å². The summed E-state index contributed by atoms with van der Waals surface area (Å²) in [5.41, 5.74) is 5.99. The third-order valence-corrected chi connectivity index (χ3v) is 5.09. The van der Waals surface area contributed by atoms with Crippen LogP contribution in [0.2, 0.25) is 0 Å². The first-order valence-electron chi connectivity index (χ1n) is 6.63. The monoisotopic (exact) mass is 309 g/mol. The number of aromatic amines is 1. The number of thiophene rings is 1. The van der Waals surface area contributed by atoms with Crippen molar-refractivity contribution in [3.8, 4) is 0 Å². The molecule has 0 aliphatic heterocycles. The number of fused-ring (bicyclic) bond motifs is 3. The molecule has 0 fully saturated rings. The molecule has 106 valence electrons. The van der Waals surface area contributed by atoms with Crippen molar-refractivity contribution in [3.05, 3.63) is 31.3 Å². The predicted octanol–water partition coefficient (Wildman–Crippen LogP) is 1.31. The average molecular weight is 309 g/mol. The van der Waals surface area contributed by atoms with E-state index < -0.39 is 0 Å². The minimum absolute atomic E-state index is 0.209. The lowest BCUT2D eigenvalue weighted by molar-refractivity contribution is 0.656. The first-order valence-corrected chi connectivity index (χ1v) is 7.86. The molecule has 0 unspecified atom stereocenters. The molecule has 0 bridgehead atoms. The van der Waals surface area contributed by atoms with Gasteiger partial charge in [0.15, 0.2) is 0 Å². The fourth-order valence-corrected chi connectivity index (χ4v) is 4.06. The van der Waals surface area contributed by atoms with E-state index in [4.69, 9.17) is 18.0 Å². The molecule has 0 aromatic carbocycles. The van der Waals surface area contributed by atoms with Crippen LogP contribution in [0.25, 0.3) is 10.2 Å². The van der Waals surface area contributed by atoms with Crippen LogP contribution >= 0.6 is 23.6 Å². The molecule has 0 spiro atoms. The molecule has 2 aromatic rings. The standard InChI is InChI=1S/C13H15N3O2S2/c14-9(19)5-6-16-12(17)10-7-3-1-2-4-8(7)20-11(10)15-13(16)18/h1-6H2,(H2,14,19)(H,15,18). The van der Waals surface area contributed by atoms with Crippen LogP contribution in [-0.4, -0.2) is 14.5 Å². The van der Waals surface area contributed by atoms with Gasteiger partial charge < -0.3 is 5.73 Å². The highest BCUT2D eigenvalue weighted by Gasteiger charge is 2.20. The normalized spacial score (nSPS) is 14.4. The van der Waals surface area contributed by atoms with Crippen molar-refractivity contribution in [3.63, 3.8) is 0 Å². The van der Waals surface area contributed by atoms with Crippen molar-refractivity contribution in [1.29, 1.82) is 0 Å². The van der Waals surface area contributed by atoms with Gasteiger partial charge in [0, 0.05) is 17.8 Å². The van der Waals surface area contributed by atoms with E-state index in [0.717, 1.165) is 31.2 Å². The number of aryl methyl sites for hydroxylation is 2. The van der Waals surface area contributed by atoms with Crippen LogP contribution in [-0.2, 0) is 19.4 Å². The van der Waals surface area contributed by atoms with Crippen molar-refractivity contribution >= 4 is 38.8 Å². The fraction of sp³-hybridized carbons (Fsp3) is 0.462. The van der Waals surface area contributed by atoms with Crippen LogP contribution in [0, 0.1) is 0 Å². The minimum atomic E-state index is -0.377. The Morgan fingerprint density at radius 3 is 2.85 bits per heavy atom. The molecule has 2 heterocycles. The van der Waals surface area contributed by atoms with Gasteiger partial charge in [-0.25, -0.2) is 4.79 Å². The van der Waals surface area contributed by atoms with Crippen LogP contribution in [0.5, 0.6) is 0 Å². The van der Waals surface area contributed by atoms with Crippen LogP contribution in [0.3, 0.4) is 0 Å². The first-order chi connectivity index (χ1) is 9.58. The SMILES string of the molecule is NC(=S)CCn1c(=O)[nH]c2sc3c(c2c1=O)CCCC3. The summed E-state index contributed by atoms with van der Waals surface area (Å²) >= 11 is 6.35. The zero-order valence-corrected chi connectivity index (χ0v) is 12.5. The van der Waals surface area contributed by atoms with Crippen LogP contribution in [0.15, 0.2) is 9.59 Å². The Morgan fingerprint density at radius 1 is 1.35 bits per heavy atom. The van der Waals surface area contributed by atoms with Crippen LogP contribution in [0.1, 0.15) is 29.7 Å². The summed E-state index contributed by atoms with van der Waals surface area (Å²) < 4.78 is 1.21. The highest BCUT2D eigenvalue weighted by Crippen LogP contribution is 2.32. The largest absolute Gasteiger partial charge is 0.393 e. The molecule has 0 saturated heterocycles. The Balaban J connectivity index is 2.20. The maximum Gasteiger partial charge on any atom is 0.329 e. The van der Waals surface area contributed by atoms with Gasteiger partial charge >= 0.3 is 5.69 Å².